The molecule has 0 saturated heterocycles. The van der Waals surface area contributed by atoms with Gasteiger partial charge >= 0.3 is 0 Å². The van der Waals surface area contributed by atoms with Gasteiger partial charge in [-0.3, -0.25) is 4.79 Å². The van der Waals surface area contributed by atoms with Gasteiger partial charge in [0.15, 0.2) is 0 Å². The summed E-state index contributed by atoms with van der Waals surface area (Å²) >= 11 is 1.82. The van der Waals surface area contributed by atoms with Crippen LogP contribution in [-0.4, -0.2) is 36.5 Å². The lowest BCUT2D eigenvalue weighted by molar-refractivity contribution is -0.122. The fourth-order valence-corrected chi connectivity index (χ4v) is 2.19. The van der Waals surface area contributed by atoms with Crippen LogP contribution in [0.25, 0.3) is 0 Å². The van der Waals surface area contributed by atoms with Gasteiger partial charge in [0.1, 0.15) is 0 Å². The van der Waals surface area contributed by atoms with Gasteiger partial charge in [0.25, 0.3) is 0 Å². The maximum Gasteiger partial charge on any atom is 0.236 e. The number of thioether (sulfide) groups is 1. The van der Waals surface area contributed by atoms with Crippen molar-refractivity contribution in [1.29, 1.82) is 0 Å². The Morgan fingerprint density at radius 3 is 2.56 bits per heavy atom. The second kappa shape index (κ2) is 9.97. The van der Waals surface area contributed by atoms with Crippen LogP contribution in [0.2, 0.25) is 0 Å². The molecule has 96 valence electrons. The smallest absolute Gasteiger partial charge is 0.236 e. The molecule has 2 N–H and O–H groups in total. The standard InChI is InChI=1S/C12H26N2OS/c1-5-7-8-13-12(15)10(3)14-11(6-2)9-16-4/h10-11,14H,5-9H2,1-4H3,(H,13,15). The highest BCUT2D eigenvalue weighted by molar-refractivity contribution is 7.98. The molecule has 16 heavy (non-hydrogen) atoms. The van der Waals surface area contributed by atoms with E-state index >= 15 is 0 Å². The van der Waals surface area contributed by atoms with E-state index in [2.05, 4.69) is 30.7 Å². The molecule has 0 spiro atoms. The fraction of sp³-hybridized carbons (Fsp3) is 0.917. The van der Waals surface area contributed by atoms with E-state index in [4.69, 9.17) is 0 Å². The van der Waals surface area contributed by atoms with E-state index in [0.717, 1.165) is 31.6 Å². The number of amides is 1. The molecular weight excluding hydrogens is 220 g/mol. The Morgan fingerprint density at radius 1 is 1.38 bits per heavy atom. The first-order valence-electron chi connectivity index (χ1n) is 6.18. The Hall–Kier alpha value is -0.220. The van der Waals surface area contributed by atoms with Gasteiger partial charge in [-0.05, 0) is 26.0 Å². The Labute approximate surface area is 104 Å². The Bertz CT molecular complexity index is 188. The second-order valence-electron chi connectivity index (χ2n) is 4.09. The summed E-state index contributed by atoms with van der Waals surface area (Å²) in [4.78, 5) is 11.7. The Balaban J connectivity index is 3.83. The topological polar surface area (TPSA) is 41.1 Å². The second-order valence-corrected chi connectivity index (χ2v) is 5.00. The third-order valence-electron chi connectivity index (χ3n) is 2.57. The highest BCUT2D eigenvalue weighted by atomic mass is 32.2. The summed E-state index contributed by atoms with van der Waals surface area (Å²) in [6.45, 7) is 7.00. The lowest BCUT2D eigenvalue weighted by Gasteiger charge is -2.21. The van der Waals surface area contributed by atoms with Gasteiger partial charge in [-0.2, -0.15) is 11.8 Å². The van der Waals surface area contributed by atoms with Crippen LogP contribution in [0.5, 0.6) is 0 Å². The minimum absolute atomic E-state index is 0.0889. The Kier molecular flexibility index (Phi) is 9.83. The van der Waals surface area contributed by atoms with Gasteiger partial charge in [0.05, 0.1) is 6.04 Å². The van der Waals surface area contributed by atoms with Gasteiger partial charge in [-0.1, -0.05) is 20.3 Å². The van der Waals surface area contributed by atoms with Crippen LogP contribution in [0.15, 0.2) is 0 Å². The Morgan fingerprint density at radius 2 is 2.06 bits per heavy atom. The largest absolute Gasteiger partial charge is 0.355 e. The lowest BCUT2D eigenvalue weighted by atomic mass is 10.2. The lowest BCUT2D eigenvalue weighted by Crippen LogP contribution is -2.47. The SMILES string of the molecule is CCCCNC(=O)C(C)NC(CC)CSC. The van der Waals surface area contributed by atoms with Crippen molar-refractivity contribution in [3.8, 4) is 0 Å². The summed E-state index contributed by atoms with van der Waals surface area (Å²) in [7, 11) is 0. The summed E-state index contributed by atoms with van der Waals surface area (Å²) in [5.74, 6) is 1.18. The maximum absolute atomic E-state index is 11.7. The molecule has 4 heteroatoms. The molecule has 0 aliphatic rings. The van der Waals surface area contributed by atoms with Crippen LogP contribution < -0.4 is 10.6 Å². The predicted molar refractivity (Wildman–Crippen MR) is 73.0 cm³/mol. The normalized spacial score (nSPS) is 14.5. The quantitative estimate of drug-likeness (QED) is 0.612. The molecule has 0 saturated carbocycles. The van der Waals surface area contributed by atoms with Gasteiger partial charge in [-0.15, -0.1) is 0 Å². The molecule has 0 aliphatic heterocycles. The number of unbranched alkanes of at least 4 members (excludes halogenated alkanes) is 1. The van der Waals surface area contributed by atoms with Crippen molar-refractivity contribution < 1.29 is 4.79 Å². The molecule has 0 fully saturated rings. The zero-order chi connectivity index (χ0) is 12.4. The predicted octanol–water partition coefficient (Wildman–Crippen LogP) is 2.02. The minimum Gasteiger partial charge on any atom is -0.355 e. The van der Waals surface area contributed by atoms with Crippen molar-refractivity contribution >= 4 is 17.7 Å². The van der Waals surface area contributed by atoms with Crippen LogP contribution >= 0.6 is 11.8 Å². The van der Waals surface area contributed by atoms with Crippen LogP contribution in [-0.2, 0) is 4.79 Å². The third-order valence-corrected chi connectivity index (χ3v) is 3.30. The molecule has 0 aromatic heterocycles. The molecule has 0 radical (unpaired) electrons. The summed E-state index contributed by atoms with van der Waals surface area (Å²) in [6.07, 6.45) is 5.33. The summed E-state index contributed by atoms with van der Waals surface area (Å²) in [6, 6.07) is 0.343. The van der Waals surface area contributed by atoms with Crippen LogP contribution in [0.3, 0.4) is 0 Å². The fourth-order valence-electron chi connectivity index (χ4n) is 1.46. The zero-order valence-electron chi connectivity index (χ0n) is 11.0. The molecule has 2 atom stereocenters. The van der Waals surface area contributed by atoms with E-state index in [1.54, 1.807) is 0 Å². The summed E-state index contributed by atoms with van der Waals surface area (Å²) < 4.78 is 0. The van der Waals surface area contributed by atoms with Gasteiger partial charge in [-0.25, -0.2) is 0 Å². The highest BCUT2D eigenvalue weighted by Crippen LogP contribution is 2.02. The van der Waals surface area contributed by atoms with E-state index in [-0.39, 0.29) is 11.9 Å². The zero-order valence-corrected chi connectivity index (χ0v) is 11.8. The van der Waals surface area contributed by atoms with E-state index < -0.39 is 0 Å². The minimum atomic E-state index is -0.0889. The number of rotatable bonds is 9. The van der Waals surface area contributed by atoms with Crippen LogP contribution in [0, 0.1) is 0 Å². The molecule has 0 bridgehead atoms. The van der Waals surface area contributed by atoms with Crippen LogP contribution in [0.4, 0.5) is 0 Å². The number of nitrogens with one attached hydrogen (secondary N) is 2. The average Bonchev–Trinajstić information content (AvgIpc) is 2.28. The van der Waals surface area contributed by atoms with Crippen molar-refractivity contribution in [2.75, 3.05) is 18.6 Å². The van der Waals surface area contributed by atoms with Crippen LogP contribution in [0.1, 0.15) is 40.0 Å². The molecule has 0 aromatic rings. The summed E-state index contributed by atoms with van der Waals surface area (Å²) in [5.41, 5.74) is 0. The van der Waals surface area contributed by atoms with Crippen molar-refractivity contribution in [2.24, 2.45) is 0 Å². The van der Waals surface area contributed by atoms with Crippen molar-refractivity contribution in [1.82, 2.24) is 10.6 Å². The molecular formula is C12H26N2OS. The first kappa shape index (κ1) is 15.8. The molecule has 2 unspecified atom stereocenters. The molecule has 0 aliphatic carbocycles. The average molecular weight is 246 g/mol. The van der Waals surface area contributed by atoms with Gasteiger partial charge in [0.2, 0.25) is 5.91 Å². The maximum atomic E-state index is 11.7. The van der Waals surface area contributed by atoms with Crippen molar-refractivity contribution in [2.45, 2.75) is 52.1 Å². The summed E-state index contributed by atoms with van der Waals surface area (Å²) in [5, 5.41) is 6.31. The van der Waals surface area contributed by atoms with Crippen molar-refractivity contribution in [3.05, 3.63) is 0 Å². The molecule has 3 nitrogen and oxygen atoms in total. The monoisotopic (exact) mass is 246 g/mol. The van der Waals surface area contributed by atoms with Gasteiger partial charge in [0, 0.05) is 18.3 Å². The van der Waals surface area contributed by atoms with Gasteiger partial charge < -0.3 is 10.6 Å². The van der Waals surface area contributed by atoms with Crippen molar-refractivity contribution in [3.63, 3.8) is 0 Å². The van der Waals surface area contributed by atoms with E-state index in [9.17, 15) is 4.79 Å². The number of carbonyl (C=O) groups excluding carboxylic acids is 1. The first-order chi connectivity index (χ1) is 7.65. The van der Waals surface area contributed by atoms with E-state index in [1.165, 1.54) is 0 Å². The van der Waals surface area contributed by atoms with E-state index in [1.807, 2.05) is 18.7 Å². The van der Waals surface area contributed by atoms with E-state index in [0.29, 0.717) is 6.04 Å². The third kappa shape index (κ3) is 7.12. The molecule has 0 heterocycles. The molecule has 0 rings (SSSR count). The number of carbonyl (C=O) groups is 1. The number of hydrogen-bond donors (Lipinski definition) is 2. The molecule has 1 amide bonds. The highest BCUT2D eigenvalue weighted by Gasteiger charge is 2.15. The number of hydrogen-bond acceptors (Lipinski definition) is 3. The first-order valence-corrected chi connectivity index (χ1v) is 7.57. The molecule has 0 aromatic carbocycles.